The summed E-state index contributed by atoms with van der Waals surface area (Å²) >= 11 is 1.80. The minimum Gasteiger partial charge on any atom is -0.337 e. The van der Waals surface area contributed by atoms with Crippen molar-refractivity contribution in [1.29, 1.82) is 0 Å². The van der Waals surface area contributed by atoms with Crippen molar-refractivity contribution < 1.29 is 4.92 Å². The molecule has 8 heteroatoms. The maximum absolute atomic E-state index is 11.3. The topological polar surface area (TPSA) is 76.6 Å². The van der Waals surface area contributed by atoms with E-state index in [1.807, 2.05) is 41.1 Å². The summed E-state index contributed by atoms with van der Waals surface area (Å²) < 4.78 is 2.04. The van der Waals surface area contributed by atoms with Crippen LogP contribution >= 0.6 is 11.8 Å². The molecule has 0 amide bonds. The molecule has 0 radical (unpaired) electrons. The van der Waals surface area contributed by atoms with Crippen LogP contribution in [-0.4, -0.2) is 36.3 Å². The zero-order chi connectivity index (χ0) is 20.7. The van der Waals surface area contributed by atoms with E-state index >= 15 is 0 Å². The molecule has 30 heavy (non-hydrogen) atoms. The number of aliphatic imine (C=N–C) groups is 1. The molecule has 2 aromatic heterocycles. The Morgan fingerprint density at radius 1 is 1.20 bits per heavy atom. The van der Waals surface area contributed by atoms with E-state index in [9.17, 15) is 10.1 Å². The lowest BCUT2D eigenvalue weighted by Crippen LogP contribution is -2.36. The van der Waals surface area contributed by atoms with Crippen LogP contribution in [0.1, 0.15) is 36.8 Å². The van der Waals surface area contributed by atoms with E-state index < -0.39 is 0 Å². The van der Waals surface area contributed by atoms with Crippen LogP contribution in [0.2, 0.25) is 0 Å². The van der Waals surface area contributed by atoms with E-state index in [0.29, 0.717) is 6.04 Å². The predicted molar refractivity (Wildman–Crippen MR) is 118 cm³/mol. The van der Waals surface area contributed by atoms with Gasteiger partial charge in [-0.05, 0) is 36.8 Å². The summed E-state index contributed by atoms with van der Waals surface area (Å²) in [6, 6.07) is 17.1. The average Bonchev–Trinajstić information content (AvgIpc) is 3.49. The first-order chi connectivity index (χ1) is 14.7. The number of nitro groups is 1. The lowest BCUT2D eigenvalue weighted by atomic mass is 9.99. The van der Waals surface area contributed by atoms with E-state index in [-0.39, 0.29) is 22.7 Å². The molecule has 2 aliphatic rings. The van der Waals surface area contributed by atoms with Crippen molar-refractivity contribution in [3.8, 4) is 5.69 Å². The van der Waals surface area contributed by atoms with Crippen molar-refractivity contribution in [3.05, 3.63) is 88.5 Å². The molecule has 0 unspecified atom stereocenters. The number of hydrogen-bond donors (Lipinski definition) is 0. The molecule has 7 nitrogen and oxygen atoms in total. The summed E-state index contributed by atoms with van der Waals surface area (Å²) in [4.78, 5) is 23.0. The Labute approximate surface area is 178 Å². The Morgan fingerprint density at radius 2 is 2.10 bits per heavy atom. The molecule has 0 N–H and O–H groups in total. The Morgan fingerprint density at radius 3 is 2.87 bits per heavy atom. The van der Waals surface area contributed by atoms with Crippen molar-refractivity contribution in [2.24, 2.45) is 4.99 Å². The number of rotatable bonds is 5. The maximum Gasteiger partial charge on any atom is 0.271 e. The number of nitrogens with zero attached hydrogens (tertiary/aromatic N) is 5. The summed E-state index contributed by atoms with van der Waals surface area (Å²) in [6.07, 6.45) is 4.81. The summed E-state index contributed by atoms with van der Waals surface area (Å²) in [5.74, 6) is 1.03. The van der Waals surface area contributed by atoms with Crippen LogP contribution in [0.25, 0.3) is 5.69 Å². The van der Waals surface area contributed by atoms with Gasteiger partial charge in [-0.25, -0.2) is 0 Å². The number of aromatic nitrogens is 2. The van der Waals surface area contributed by atoms with Crippen LogP contribution in [0.4, 0.5) is 5.69 Å². The minimum absolute atomic E-state index is 0.0101. The fourth-order valence-corrected chi connectivity index (χ4v) is 5.64. The molecule has 5 rings (SSSR count). The first-order valence-corrected chi connectivity index (χ1v) is 11.0. The average molecular weight is 420 g/mol. The Hall–Kier alpha value is -3.13. The monoisotopic (exact) mass is 419 g/mol. The highest BCUT2D eigenvalue weighted by Crippen LogP contribution is 2.48. The smallest absolute Gasteiger partial charge is 0.271 e. The second kappa shape index (κ2) is 7.60. The highest BCUT2D eigenvalue weighted by atomic mass is 32.2. The summed E-state index contributed by atoms with van der Waals surface area (Å²) in [6.45, 7) is 2.21. The molecule has 152 valence electrons. The molecule has 3 aromatic rings. The zero-order valence-corrected chi connectivity index (χ0v) is 17.3. The van der Waals surface area contributed by atoms with Crippen LogP contribution in [0, 0.1) is 10.1 Å². The Kier molecular flexibility index (Phi) is 4.78. The summed E-state index contributed by atoms with van der Waals surface area (Å²) in [5, 5.41) is 12.4. The predicted octanol–water partition coefficient (Wildman–Crippen LogP) is 4.76. The van der Waals surface area contributed by atoms with Crippen molar-refractivity contribution in [2.45, 2.75) is 31.5 Å². The first-order valence-electron chi connectivity index (χ1n) is 9.99. The second-order valence-corrected chi connectivity index (χ2v) is 8.40. The third kappa shape index (κ3) is 3.08. The van der Waals surface area contributed by atoms with Crippen LogP contribution in [-0.2, 0) is 0 Å². The molecule has 1 aromatic carbocycles. The summed E-state index contributed by atoms with van der Waals surface area (Å²) in [5.41, 5.74) is 2.86. The standard InChI is InChI=1S/C22H21N5O2S/c1-2-15-14-30-22-24-20(18-9-3-4-11-23-18)21(26(15)22)19-10-6-12-25(19)16-7-5-8-17(13-16)27(28)29/h3-13,15,20-21H,2,14H2,1H3/t15-,20+,21+/m0/s1. The van der Waals surface area contributed by atoms with Gasteiger partial charge in [0, 0.05) is 42.0 Å². The minimum atomic E-state index is -0.357. The second-order valence-electron chi connectivity index (χ2n) is 7.42. The molecule has 2 aliphatic heterocycles. The van der Waals surface area contributed by atoms with E-state index in [1.165, 1.54) is 6.07 Å². The molecule has 1 fully saturated rings. The number of fused-ring (bicyclic) bond motifs is 1. The Bertz CT molecular complexity index is 1110. The van der Waals surface area contributed by atoms with Gasteiger partial charge < -0.3 is 9.47 Å². The van der Waals surface area contributed by atoms with Gasteiger partial charge in [-0.3, -0.25) is 20.1 Å². The maximum atomic E-state index is 11.3. The SMILES string of the molecule is CC[C@H]1CSC2=N[C@H](c3ccccn3)[C@@H](c3cccn3-c3cccc([N+](=O)[O-])c3)N21. The Balaban J connectivity index is 1.62. The van der Waals surface area contributed by atoms with Crippen LogP contribution in [0.3, 0.4) is 0 Å². The fraction of sp³-hybridized carbons (Fsp3) is 0.273. The van der Waals surface area contributed by atoms with E-state index in [2.05, 4.69) is 22.9 Å². The number of pyridine rings is 1. The highest BCUT2D eigenvalue weighted by molar-refractivity contribution is 8.14. The molecular weight excluding hydrogens is 398 g/mol. The molecule has 0 saturated carbocycles. The molecular formula is C22H21N5O2S. The van der Waals surface area contributed by atoms with E-state index in [0.717, 1.165) is 34.4 Å². The van der Waals surface area contributed by atoms with Crippen molar-refractivity contribution in [3.63, 3.8) is 0 Å². The number of benzene rings is 1. The first kappa shape index (κ1) is 18.9. The molecule has 0 spiro atoms. The van der Waals surface area contributed by atoms with Gasteiger partial charge in [0.25, 0.3) is 5.69 Å². The van der Waals surface area contributed by atoms with Gasteiger partial charge in [-0.1, -0.05) is 30.8 Å². The number of non-ortho nitro benzene ring substituents is 1. The summed E-state index contributed by atoms with van der Waals surface area (Å²) in [7, 11) is 0. The molecule has 0 aliphatic carbocycles. The van der Waals surface area contributed by atoms with Gasteiger partial charge in [0.1, 0.15) is 12.1 Å². The van der Waals surface area contributed by atoms with Gasteiger partial charge >= 0.3 is 0 Å². The molecule has 3 atom stereocenters. The number of amidine groups is 1. The van der Waals surface area contributed by atoms with Crippen LogP contribution in [0.5, 0.6) is 0 Å². The normalized spacial score (nSPS) is 22.8. The van der Waals surface area contributed by atoms with E-state index in [1.54, 1.807) is 30.1 Å². The zero-order valence-electron chi connectivity index (χ0n) is 16.5. The van der Waals surface area contributed by atoms with Crippen molar-refractivity contribution >= 4 is 22.6 Å². The highest BCUT2D eigenvalue weighted by Gasteiger charge is 2.46. The fourth-order valence-electron chi connectivity index (χ4n) is 4.30. The number of nitro benzene ring substituents is 1. The van der Waals surface area contributed by atoms with Gasteiger partial charge in [-0.2, -0.15) is 0 Å². The number of hydrogen-bond acceptors (Lipinski definition) is 6. The largest absolute Gasteiger partial charge is 0.337 e. The molecule has 4 heterocycles. The molecule has 0 bridgehead atoms. The van der Waals surface area contributed by atoms with Crippen LogP contribution < -0.4 is 0 Å². The lowest BCUT2D eigenvalue weighted by molar-refractivity contribution is -0.384. The third-order valence-electron chi connectivity index (χ3n) is 5.73. The third-order valence-corrected chi connectivity index (χ3v) is 6.86. The van der Waals surface area contributed by atoms with Crippen LogP contribution in [0.15, 0.2) is 72.0 Å². The van der Waals surface area contributed by atoms with Crippen molar-refractivity contribution in [1.82, 2.24) is 14.5 Å². The van der Waals surface area contributed by atoms with Crippen molar-refractivity contribution in [2.75, 3.05) is 5.75 Å². The van der Waals surface area contributed by atoms with E-state index in [4.69, 9.17) is 4.99 Å². The van der Waals surface area contributed by atoms with Gasteiger partial charge in [0.05, 0.1) is 16.3 Å². The van der Waals surface area contributed by atoms with Gasteiger partial charge in [0.2, 0.25) is 0 Å². The molecule has 1 saturated heterocycles. The van der Waals surface area contributed by atoms with Gasteiger partial charge in [-0.15, -0.1) is 0 Å². The quantitative estimate of drug-likeness (QED) is 0.440. The number of thioether (sulfide) groups is 1. The lowest BCUT2D eigenvalue weighted by Gasteiger charge is -2.32. The van der Waals surface area contributed by atoms with Gasteiger partial charge in [0.15, 0.2) is 5.17 Å².